The van der Waals surface area contributed by atoms with Gasteiger partial charge in [0, 0.05) is 24.2 Å². The number of hydrogen-bond acceptors (Lipinski definition) is 6. The van der Waals surface area contributed by atoms with Crippen LogP contribution in [0.3, 0.4) is 0 Å². The number of nitrogen functional groups attached to an aromatic ring is 1. The molecule has 1 aromatic heterocycles. The number of para-hydroxylation sites is 1. The lowest BCUT2D eigenvalue weighted by molar-refractivity contribution is 0.135. The number of anilines is 1. The molecule has 6 nitrogen and oxygen atoms in total. The van der Waals surface area contributed by atoms with Crippen molar-refractivity contribution in [3.05, 3.63) is 36.0 Å². The van der Waals surface area contributed by atoms with Crippen LogP contribution >= 0.6 is 0 Å². The van der Waals surface area contributed by atoms with Crippen LogP contribution in [-0.2, 0) is 6.42 Å². The fourth-order valence-corrected chi connectivity index (χ4v) is 2.25. The van der Waals surface area contributed by atoms with E-state index in [0.717, 1.165) is 17.7 Å². The monoisotopic (exact) mass is 272 g/mol. The molecule has 3 N–H and O–H groups in total. The highest BCUT2D eigenvalue weighted by Crippen LogP contribution is 2.42. The van der Waals surface area contributed by atoms with E-state index in [-0.39, 0.29) is 5.60 Å². The maximum Gasteiger partial charge on any atom is 0.240 e. The van der Waals surface area contributed by atoms with Crippen LogP contribution in [0.4, 0.5) is 5.95 Å². The second-order valence-corrected chi connectivity index (χ2v) is 5.25. The lowest BCUT2D eigenvalue weighted by Gasteiger charge is -2.18. The molecule has 1 aliphatic rings. The first-order valence-corrected chi connectivity index (χ1v) is 6.36. The average Bonchev–Trinajstić information content (AvgIpc) is 2.74. The van der Waals surface area contributed by atoms with Crippen LogP contribution in [0.5, 0.6) is 17.4 Å². The zero-order chi connectivity index (χ0) is 14.2. The fraction of sp³-hybridized carbons (Fsp3) is 0.286. The number of ether oxygens (including phenoxy) is 2. The van der Waals surface area contributed by atoms with Crippen molar-refractivity contribution in [2.24, 2.45) is 5.84 Å². The molecular formula is C14H16N4O2. The Labute approximate surface area is 116 Å². The van der Waals surface area contributed by atoms with Gasteiger partial charge < -0.3 is 9.47 Å². The summed E-state index contributed by atoms with van der Waals surface area (Å²) in [7, 11) is 0. The van der Waals surface area contributed by atoms with E-state index in [1.165, 1.54) is 0 Å². The summed E-state index contributed by atoms with van der Waals surface area (Å²) in [5, 5.41) is 0. The molecule has 0 atom stereocenters. The maximum absolute atomic E-state index is 5.95. The highest BCUT2D eigenvalue weighted by molar-refractivity contribution is 5.51. The van der Waals surface area contributed by atoms with E-state index in [1.807, 2.05) is 18.2 Å². The highest BCUT2D eigenvalue weighted by Gasteiger charge is 2.32. The van der Waals surface area contributed by atoms with Gasteiger partial charge in [-0.05, 0) is 19.9 Å². The Balaban J connectivity index is 1.91. The molecule has 0 saturated carbocycles. The smallest absolute Gasteiger partial charge is 0.240 e. The Morgan fingerprint density at radius 1 is 1.35 bits per heavy atom. The van der Waals surface area contributed by atoms with Crippen molar-refractivity contribution in [1.82, 2.24) is 9.97 Å². The van der Waals surface area contributed by atoms with Gasteiger partial charge in [-0.3, -0.25) is 5.43 Å². The third kappa shape index (κ3) is 2.37. The topological polar surface area (TPSA) is 82.3 Å². The summed E-state index contributed by atoms with van der Waals surface area (Å²) in [5.74, 6) is 7.42. The second-order valence-electron chi connectivity index (χ2n) is 5.25. The number of hydrazine groups is 1. The first kappa shape index (κ1) is 12.7. The zero-order valence-electron chi connectivity index (χ0n) is 11.4. The summed E-state index contributed by atoms with van der Waals surface area (Å²) in [5.41, 5.74) is 3.31. The summed E-state index contributed by atoms with van der Waals surface area (Å²) in [4.78, 5) is 8.06. The average molecular weight is 272 g/mol. The first-order chi connectivity index (χ1) is 9.57. The molecule has 2 aromatic rings. The molecule has 6 heteroatoms. The zero-order valence-corrected chi connectivity index (χ0v) is 11.4. The molecule has 0 spiro atoms. The van der Waals surface area contributed by atoms with Gasteiger partial charge in [-0.25, -0.2) is 10.8 Å². The van der Waals surface area contributed by atoms with E-state index in [9.17, 15) is 0 Å². The number of fused-ring (bicyclic) bond motifs is 1. The van der Waals surface area contributed by atoms with Crippen molar-refractivity contribution in [3.63, 3.8) is 0 Å². The molecular weight excluding hydrogens is 256 g/mol. The number of aromatic nitrogens is 2. The molecule has 1 aliphatic heterocycles. The molecule has 0 fully saturated rings. The molecule has 0 amide bonds. The minimum absolute atomic E-state index is 0.211. The van der Waals surface area contributed by atoms with Gasteiger partial charge in [-0.1, -0.05) is 12.1 Å². The Morgan fingerprint density at radius 3 is 3.00 bits per heavy atom. The van der Waals surface area contributed by atoms with Crippen LogP contribution in [0, 0.1) is 0 Å². The van der Waals surface area contributed by atoms with Crippen molar-refractivity contribution in [3.8, 4) is 17.4 Å². The fourth-order valence-electron chi connectivity index (χ4n) is 2.25. The molecule has 0 radical (unpaired) electrons. The molecule has 0 bridgehead atoms. The molecule has 2 heterocycles. The lowest BCUT2D eigenvalue weighted by atomic mass is 10.0. The van der Waals surface area contributed by atoms with Crippen molar-refractivity contribution in [2.75, 3.05) is 5.43 Å². The first-order valence-electron chi connectivity index (χ1n) is 6.36. The predicted molar refractivity (Wildman–Crippen MR) is 74.8 cm³/mol. The van der Waals surface area contributed by atoms with Crippen molar-refractivity contribution in [1.29, 1.82) is 0 Å². The molecule has 1 aromatic carbocycles. The van der Waals surface area contributed by atoms with Gasteiger partial charge >= 0.3 is 0 Å². The molecule has 0 aliphatic carbocycles. The van der Waals surface area contributed by atoms with E-state index in [2.05, 4.69) is 29.2 Å². The van der Waals surface area contributed by atoms with Crippen LogP contribution in [0.25, 0.3) is 0 Å². The van der Waals surface area contributed by atoms with Gasteiger partial charge in [0.1, 0.15) is 5.60 Å². The highest BCUT2D eigenvalue weighted by atomic mass is 16.5. The summed E-state index contributed by atoms with van der Waals surface area (Å²) in [6, 6.07) is 7.52. The molecule has 0 saturated heterocycles. The molecule has 20 heavy (non-hydrogen) atoms. The number of rotatable bonds is 3. The van der Waals surface area contributed by atoms with Crippen molar-refractivity contribution in [2.45, 2.75) is 25.9 Å². The molecule has 0 unspecified atom stereocenters. The van der Waals surface area contributed by atoms with Crippen LogP contribution < -0.4 is 20.7 Å². The summed E-state index contributed by atoms with van der Waals surface area (Å²) >= 11 is 0. The van der Waals surface area contributed by atoms with Crippen LogP contribution in [0.15, 0.2) is 30.5 Å². The second kappa shape index (κ2) is 4.64. The van der Waals surface area contributed by atoms with Gasteiger partial charge in [-0.15, -0.1) is 0 Å². The number of benzene rings is 1. The SMILES string of the molecule is CC1(C)Cc2cccc(Oc3ccnc(NN)n3)c2O1. The summed E-state index contributed by atoms with van der Waals surface area (Å²) in [6.45, 7) is 4.11. The summed E-state index contributed by atoms with van der Waals surface area (Å²) in [6.07, 6.45) is 2.43. The van der Waals surface area contributed by atoms with E-state index >= 15 is 0 Å². The normalized spacial score (nSPS) is 15.3. The third-order valence-corrected chi connectivity index (χ3v) is 3.03. The largest absolute Gasteiger partial charge is 0.483 e. The maximum atomic E-state index is 5.95. The van der Waals surface area contributed by atoms with Gasteiger partial charge in [0.25, 0.3) is 0 Å². The Bertz CT molecular complexity index is 643. The Kier molecular flexibility index (Phi) is 2.94. The van der Waals surface area contributed by atoms with E-state index in [0.29, 0.717) is 17.6 Å². The predicted octanol–water partition coefficient (Wildman–Crippen LogP) is 2.27. The van der Waals surface area contributed by atoms with Gasteiger partial charge in [-0.2, -0.15) is 4.98 Å². The molecule has 3 rings (SSSR count). The quantitative estimate of drug-likeness (QED) is 0.659. The standard InChI is InChI=1S/C14H16N4O2/c1-14(2)8-9-4-3-5-10(12(9)20-14)19-11-6-7-16-13(17-11)18-15/h3-7H,8,15H2,1-2H3,(H,16,17,18). The van der Waals surface area contributed by atoms with Gasteiger partial charge in [0.2, 0.25) is 11.8 Å². The number of hydrogen-bond donors (Lipinski definition) is 2. The van der Waals surface area contributed by atoms with E-state index in [4.69, 9.17) is 15.3 Å². The Hall–Kier alpha value is -2.34. The molecule has 104 valence electrons. The van der Waals surface area contributed by atoms with Gasteiger partial charge in [0.15, 0.2) is 11.5 Å². The van der Waals surface area contributed by atoms with Crippen LogP contribution in [-0.4, -0.2) is 15.6 Å². The third-order valence-electron chi connectivity index (χ3n) is 3.03. The van der Waals surface area contributed by atoms with E-state index in [1.54, 1.807) is 12.3 Å². The lowest BCUT2D eigenvalue weighted by Crippen LogP contribution is -2.24. The number of nitrogens with zero attached hydrogens (tertiary/aromatic N) is 2. The minimum Gasteiger partial charge on any atom is -0.483 e. The number of nitrogens with one attached hydrogen (secondary N) is 1. The van der Waals surface area contributed by atoms with Crippen LogP contribution in [0.1, 0.15) is 19.4 Å². The van der Waals surface area contributed by atoms with E-state index < -0.39 is 0 Å². The van der Waals surface area contributed by atoms with Crippen molar-refractivity contribution >= 4 is 5.95 Å². The minimum atomic E-state index is -0.211. The number of nitrogens with two attached hydrogens (primary N) is 1. The van der Waals surface area contributed by atoms with Crippen molar-refractivity contribution < 1.29 is 9.47 Å². The summed E-state index contributed by atoms with van der Waals surface area (Å²) < 4.78 is 11.7. The Morgan fingerprint density at radius 2 is 2.20 bits per heavy atom. The van der Waals surface area contributed by atoms with Crippen LogP contribution in [0.2, 0.25) is 0 Å². The van der Waals surface area contributed by atoms with Gasteiger partial charge in [0.05, 0.1) is 0 Å².